The second kappa shape index (κ2) is 9.33. The summed E-state index contributed by atoms with van der Waals surface area (Å²) in [6, 6.07) is 5.13. The van der Waals surface area contributed by atoms with Crippen molar-refractivity contribution >= 4 is 35.2 Å². The van der Waals surface area contributed by atoms with Crippen LogP contribution in [0.15, 0.2) is 18.2 Å². The smallest absolute Gasteiger partial charge is 0.410 e. The van der Waals surface area contributed by atoms with Gasteiger partial charge in [-0.1, -0.05) is 29.3 Å². The first-order valence-corrected chi connectivity index (χ1v) is 11.3. The zero-order chi connectivity index (χ0) is 22.1. The Bertz CT molecular complexity index is 792. The van der Waals surface area contributed by atoms with Crippen LogP contribution in [0.2, 0.25) is 10.0 Å². The molecule has 30 heavy (non-hydrogen) atoms. The van der Waals surface area contributed by atoms with E-state index < -0.39 is 11.7 Å². The highest BCUT2D eigenvalue weighted by molar-refractivity contribution is 6.42. The standard InChI is InChI=1S/C22H31Cl2N3O3/c1-22(2,3)30-21(29)27-12-19(25)16(13-7-8-17(23)18(24)9-13)10-15(27)11-20(28)26-14-5-4-6-14/h7-9,14-16,19H,4-6,10-12,25H2,1-3H3,(H,26,28)/t15?,16-,19+/m0/s1. The molecule has 0 radical (unpaired) electrons. The average molecular weight is 456 g/mol. The Morgan fingerprint density at radius 1 is 1.23 bits per heavy atom. The van der Waals surface area contributed by atoms with E-state index in [1.165, 1.54) is 0 Å². The maximum absolute atomic E-state index is 12.9. The summed E-state index contributed by atoms with van der Waals surface area (Å²) in [7, 11) is 0. The van der Waals surface area contributed by atoms with Crippen LogP contribution in [0, 0.1) is 0 Å². The van der Waals surface area contributed by atoms with Crippen LogP contribution in [-0.4, -0.2) is 47.2 Å². The van der Waals surface area contributed by atoms with Crippen LogP contribution in [-0.2, 0) is 9.53 Å². The van der Waals surface area contributed by atoms with Gasteiger partial charge in [0.15, 0.2) is 0 Å². The molecule has 3 N–H and O–H groups in total. The van der Waals surface area contributed by atoms with E-state index in [9.17, 15) is 9.59 Å². The van der Waals surface area contributed by atoms with Gasteiger partial charge in [-0.25, -0.2) is 4.79 Å². The number of carbonyl (C=O) groups is 2. The summed E-state index contributed by atoms with van der Waals surface area (Å²) >= 11 is 12.3. The van der Waals surface area contributed by atoms with Gasteiger partial charge >= 0.3 is 6.09 Å². The molecule has 1 aromatic carbocycles. The maximum Gasteiger partial charge on any atom is 0.410 e. The van der Waals surface area contributed by atoms with Crippen molar-refractivity contribution in [1.82, 2.24) is 10.2 Å². The lowest BCUT2D eigenvalue weighted by atomic mass is 9.81. The van der Waals surface area contributed by atoms with Crippen molar-refractivity contribution in [2.45, 2.75) is 82.5 Å². The molecular weight excluding hydrogens is 425 g/mol. The van der Waals surface area contributed by atoms with Gasteiger partial charge in [-0.15, -0.1) is 0 Å². The van der Waals surface area contributed by atoms with E-state index in [1.807, 2.05) is 32.9 Å². The summed E-state index contributed by atoms with van der Waals surface area (Å²) in [5.41, 5.74) is 6.81. The molecule has 2 amide bonds. The quantitative estimate of drug-likeness (QED) is 0.700. The first-order chi connectivity index (χ1) is 14.0. The fourth-order valence-corrected chi connectivity index (χ4v) is 4.32. The van der Waals surface area contributed by atoms with Crippen LogP contribution < -0.4 is 11.1 Å². The third-order valence-corrected chi connectivity index (χ3v) is 6.52. The molecule has 2 aliphatic rings. The Morgan fingerprint density at radius 3 is 2.50 bits per heavy atom. The number of nitrogens with one attached hydrogen (secondary N) is 1. The Balaban J connectivity index is 1.79. The van der Waals surface area contributed by atoms with Crippen LogP contribution in [0.3, 0.4) is 0 Å². The molecule has 2 fully saturated rings. The van der Waals surface area contributed by atoms with Crippen LogP contribution >= 0.6 is 23.2 Å². The van der Waals surface area contributed by atoms with Crippen molar-refractivity contribution in [3.05, 3.63) is 33.8 Å². The van der Waals surface area contributed by atoms with Gasteiger partial charge in [0.1, 0.15) is 5.60 Å². The lowest BCUT2D eigenvalue weighted by Crippen LogP contribution is -2.56. The zero-order valence-electron chi connectivity index (χ0n) is 17.8. The number of likely N-dealkylation sites (tertiary alicyclic amines) is 1. The first kappa shape index (κ1) is 23.2. The van der Waals surface area contributed by atoms with E-state index in [0.717, 1.165) is 24.8 Å². The van der Waals surface area contributed by atoms with E-state index >= 15 is 0 Å². The number of rotatable bonds is 4. The molecule has 1 heterocycles. The Kier molecular flexibility index (Phi) is 7.20. The average Bonchev–Trinajstić information content (AvgIpc) is 2.60. The maximum atomic E-state index is 12.9. The highest BCUT2D eigenvalue weighted by Crippen LogP contribution is 2.36. The Hall–Kier alpha value is -1.50. The lowest BCUT2D eigenvalue weighted by Gasteiger charge is -2.43. The van der Waals surface area contributed by atoms with Gasteiger partial charge in [-0.2, -0.15) is 0 Å². The molecule has 0 aromatic heterocycles. The van der Waals surface area contributed by atoms with Crippen LogP contribution in [0.1, 0.15) is 64.4 Å². The number of ether oxygens (including phenoxy) is 1. The fourth-order valence-electron chi connectivity index (χ4n) is 4.02. The number of hydrogen-bond donors (Lipinski definition) is 2. The van der Waals surface area contributed by atoms with Crippen LogP contribution in [0.5, 0.6) is 0 Å². The van der Waals surface area contributed by atoms with Crippen molar-refractivity contribution in [2.24, 2.45) is 5.73 Å². The molecule has 1 saturated carbocycles. The van der Waals surface area contributed by atoms with Crippen LogP contribution in [0.25, 0.3) is 0 Å². The molecule has 3 rings (SSSR count). The third-order valence-electron chi connectivity index (χ3n) is 5.78. The molecule has 1 aliphatic heterocycles. The summed E-state index contributed by atoms with van der Waals surface area (Å²) in [6.07, 6.45) is 3.52. The minimum atomic E-state index is -0.625. The minimum absolute atomic E-state index is 0.0402. The van der Waals surface area contributed by atoms with Crippen molar-refractivity contribution in [1.29, 1.82) is 0 Å². The van der Waals surface area contributed by atoms with E-state index in [1.54, 1.807) is 11.0 Å². The first-order valence-electron chi connectivity index (χ1n) is 10.5. The molecule has 0 spiro atoms. The minimum Gasteiger partial charge on any atom is -0.444 e. The van der Waals surface area contributed by atoms with E-state index in [2.05, 4.69) is 5.32 Å². The topological polar surface area (TPSA) is 84.7 Å². The fraction of sp³-hybridized carbons (Fsp3) is 0.636. The van der Waals surface area contributed by atoms with Crippen molar-refractivity contribution in [2.75, 3.05) is 6.54 Å². The zero-order valence-corrected chi connectivity index (χ0v) is 19.3. The van der Waals surface area contributed by atoms with Crippen molar-refractivity contribution in [3.8, 4) is 0 Å². The SMILES string of the molecule is CC(C)(C)OC(=O)N1C[C@@H](N)[C@H](c2ccc(Cl)c(Cl)c2)CC1CC(=O)NC1CCC1. The van der Waals surface area contributed by atoms with Gasteiger partial charge in [-0.3, -0.25) is 4.79 Å². The highest BCUT2D eigenvalue weighted by atomic mass is 35.5. The summed E-state index contributed by atoms with van der Waals surface area (Å²) in [5, 5.41) is 4.02. The van der Waals surface area contributed by atoms with E-state index in [0.29, 0.717) is 23.0 Å². The summed E-state index contributed by atoms with van der Waals surface area (Å²) in [4.78, 5) is 27.1. The summed E-state index contributed by atoms with van der Waals surface area (Å²) < 4.78 is 5.59. The molecule has 1 aliphatic carbocycles. The Labute approximate surface area is 188 Å². The lowest BCUT2D eigenvalue weighted by molar-refractivity contribution is -0.123. The number of carbonyl (C=O) groups excluding carboxylic acids is 2. The molecule has 166 valence electrons. The molecule has 6 nitrogen and oxygen atoms in total. The third kappa shape index (κ3) is 5.80. The van der Waals surface area contributed by atoms with Gasteiger partial charge in [0.25, 0.3) is 0 Å². The van der Waals surface area contributed by atoms with Gasteiger partial charge in [0.05, 0.1) is 10.0 Å². The molecule has 0 bridgehead atoms. The molecule has 8 heteroatoms. The second-order valence-corrected chi connectivity index (χ2v) is 10.2. The van der Waals surface area contributed by atoms with E-state index in [-0.39, 0.29) is 36.4 Å². The molecule has 3 atom stereocenters. The number of halogens is 2. The predicted octanol–water partition coefficient (Wildman–Crippen LogP) is 4.47. The molecule has 1 aromatic rings. The summed E-state index contributed by atoms with van der Waals surface area (Å²) in [5.74, 6) is -0.0819. The highest BCUT2D eigenvalue weighted by Gasteiger charge is 2.40. The predicted molar refractivity (Wildman–Crippen MR) is 119 cm³/mol. The number of hydrogen-bond acceptors (Lipinski definition) is 4. The largest absolute Gasteiger partial charge is 0.444 e. The van der Waals surface area contributed by atoms with Gasteiger partial charge < -0.3 is 20.7 Å². The second-order valence-electron chi connectivity index (χ2n) is 9.37. The number of amides is 2. The number of nitrogens with zero attached hydrogens (tertiary/aromatic N) is 1. The molecular formula is C22H31Cl2N3O3. The van der Waals surface area contributed by atoms with Gasteiger partial charge in [0.2, 0.25) is 5.91 Å². The van der Waals surface area contributed by atoms with Gasteiger partial charge in [0, 0.05) is 37.0 Å². The monoisotopic (exact) mass is 455 g/mol. The van der Waals surface area contributed by atoms with Crippen molar-refractivity contribution in [3.63, 3.8) is 0 Å². The number of benzene rings is 1. The number of nitrogens with two attached hydrogens (primary N) is 1. The molecule has 1 unspecified atom stereocenters. The number of piperidine rings is 1. The van der Waals surface area contributed by atoms with E-state index in [4.69, 9.17) is 33.7 Å². The van der Waals surface area contributed by atoms with Gasteiger partial charge in [-0.05, 0) is 64.2 Å². The normalized spacial score (nSPS) is 24.9. The Morgan fingerprint density at radius 2 is 1.93 bits per heavy atom. The summed E-state index contributed by atoms with van der Waals surface area (Å²) in [6.45, 7) is 5.78. The molecule has 1 saturated heterocycles. The van der Waals surface area contributed by atoms with Crippen molar-refractivity contribution < 1.29 is 14.3 Å². The van der Waals surface area contributed by atoms with Crippen LogP contribution in [0.4, 0.5) is 4.79 Å².